The van der Waals surface area contributed by atoms with Crippen molar-refractivity contribution in [2.24, 2.45) is 4.99 Å². The highest BCUT2D eigenvalue weighted by atomic mass is 16.5. The fourth-order valence-corrected chi connectivity index (χ4v) is 2.53. The molecule has 1 aliphatic heterocycles. The van der Waals surface area contributed by atoms with Gasteiger partial charge < -0.3 is 20.8 Å². The van der Waals surface area contributed by atoms with Crippen LogP contribution < -0.4 is 15.4 Å². The molecule has 6 nitrogen and oxygen atoms in total. The normalized spacial score (nSPS) is 14.7. The Morgan fingerprint density at radius 2 is 2.13 bits per heavy atom. The first-order chi connectivity index (χ1) is 11.0. The van der Waals surface area contributed by atoms with Crippen molar-refractivity contribution in [3.8, 4) is 5.88 Å². The maximum absolute atomic E-state index is 7.86. The van der Waals surface area contributed by atoms with Gasteiger partial charge in [0.1, 0.15) is 5.69 Å². The van der Waals surface area contributed by atoms with Gasteiger partial charge in [-0.3, -0.25) is 4.99 Å². The summed E-state index contributed by atoms with van der Waals surface area (Å²) >= 11 is 0. The van der Waals surface area contributed by atoms with E-state index in [1.807, 2.05) is 13.0 Å². The number of nitrogens with zero attached hydrogens (tertiary/aromatic N) is 2. The number of pyridine rings is 1. The second-order valence-corrected chi connectivity index (χ2v) is 5.43. The monoisotopic (exact) mass is 313 g/mol. The lowest BCUT2D eigenvalue weighted by molar-refractivity contribution is 0.400. The minimum absolute atomic E-state index is 0.417. The summed E-state index contributed by atoms with van der Waals surface area (Å²) in [7, 11) is 3.38. The molecule has 0 aliphatic carbocycles. The number of anilines is 1. The standard InChI is InChI=1S/C17H23N5O/c1-10-7-20-12(3)16(10)13-6-14(17(23-5)21-8-13)22-15(9-19-4)11(2)18/h6,8-9,18-19,22H,7H2,1-5H3/b15-9+,18-11?. The van der Waals surface area contributed by atoms with Crippen LogP contribution in [0, 0.1) is 5.41 Å². The zero-order chi connectivity index (χ0) is 17.0. The summed E-state index contributed by atoms with van der Waals surface area (Å²) in [6.45, 7) is 6.55. The van der Waals surface area contributed by atoms with Gasteiger partial charge in [0.25, 0.3) is 0 Å². The molecule has 0 aromatic carbocycles. The number of aromatic nitrogens is 1. The van der Waals surface area contributed by atoms with Gasteiger partial charge >= 0.3 is 0 Å². The fraction of sp³-hybridized carbons (Fsp3) is 0.353. The van der Waals surface area contributed by atoms with Gasteiger partial charge in [0.2, 0.25) is 5.88 Å². The van der Waals surface area contributed by atoms with Crippen molar-refractivity contribution >= 4 is 22.7 Å². The van der Waals surface area contributed by atoms with E-state index in [0.717, 1.165) is 29.1 Å². The molecule has 1 aromatic heterocycles. The zero-order valence-corrected chi connectivity index (χ0v) is 14.2. The second kappa shape index (κ2) is 7.09. The number of allylic oxidation sites excluding steroid dienone is 2. The van der Waals surface area contributed by atoms with E-state index < -0.39 is 0 Å². The Morgan fingerprint density at radius 3 is 2.65 bits per heavy atom. The van der Waals surface area contributed by atoms with E-state index in [9.17, 15) is 0 Å². The van der Waals surface area contributed by atoms with Gasteiger partial charge in [0.15, 0.2) is 0 Å². The van der Waals surface area contributed by atoms with Crippen LogP contribution in [0.4, 0.5) is 5.69 Å². The highest BCUT2D eigenvalue weighted by molar-refractivity contribution is 6.25. The number of rotatable bonds is 6. The Kier molecular flexibility index (Phi) is 5.16. The maximum Gasteiger partial charge on any atom is 0.237 e. The molecule has 0 spiro atoms. The highest BCUT2D eigenvalue weighted by Crippen LogP contribution is 2.31. The predicted molar refractivity (Wildman–Crippen MR) is 95.5 cm³/mol. The Morgan fingerprint density at radius 1 is 1.39 bits per heavy atom. The molecule has 6 heteroatoms. The predicted octanol–water partition coefficient (Wildman–Crippen LogP) is 2.85. The molecule has 0 atom stereocenters. The van der Waals surface area contributed by atoms with Crippen LogP contribution in [0.5, 0.6) is 5.88 Å². The number of methoxy groups -OCH3 is 1. The molecule has 1 aliphatic rings. The molecular weight excluding hydrogens is 290 g/mol. The molecule has 0 saturated heterocycles. The average Bonchev–Trinajstić information content (AvgIpc) is 2.85. The van der Waals surface area contributed by atoms with Crippen LogP contribution in [-0.2, 0) is 0 Å². The summed E-state index contributed by atoms with van der Waals surface area (Å²) < 4.78 is 5.34. The first-order valence-corrected chi connectivity index (χ1v) is 7.43. The number of nitrogens with one attached hydrogen (secondary N) is 3. The van der Waals surface area contributed by atoms with E-state index >= 15 is 0 Å². The number of ether oxygens (including phenoxy) is 1. The molecule has 0 fully saturated rings. The van der Waals surface area contributed by atoms with Crippen LogP contribution >= 0.6 is 0 Å². The second-order valence-electron chi connectivity index (χ2n) is 5.43. The molecule has 0 amide bonds. The Hall–Kier alpha value is -2.63. The van der Waals surface area contributed by atoms with Gasteiger partial charge in [-0.15, -0.1) is 0 Å². The smallest absolute Gasteiger partial charge is 0.237 e. The highest BCUT2D eigenvalue weighted by Gasteiger charge is 2.17. The summed E-state index contributed by atoms with van der Waals surface area (Å²) in [5.74, 6) is 0.489. The minimum Gasteiger partial charge on any atom is -0.480 e. The van der Waals surface area contributed by atoms with E-state index in [1.54, 1.807) is 33.5 Å². The first kappa shape index (κ1) is 16.7. The number of hydrogen-bond acceptors (Lipinski definition) is 6. The molecule has 122 valence electrons. The van der Waals surface area contributed by atoms with Gasteiger partial charge in [0, 0.05) is 36.3 Å². The van der Waals surface area contributed by atoms with E-state index in [0.29, 0.717) is 17.3 Å². The third-order valence-electron chi connectivity index (χ3n) is 3.64. The van der Waals surface area contributed by atoms with Crippen molar-refractivity contribution < 1.29 is 4.74 Å². The lowest BCUT2D eigenvalue weighted by atomic mass is 10.0. The van der Waals surface area contributed by atoms with Crippen molar-refractivity contribution in [2.75, 3.05) is 26.0 Å². The van der Waals surface area contributed by atoms with Crippen molar-refractivity contribution in [1.82, 2.24) is 10.3 Å². The fourth-order valence-electron chi connectivity index (χ4n) is 2.53. The van der Waals surface area contributed by atoms with E-state index in [4.69, 9.17) is 10.1 Å². The van der Waals surface area contributed by atoms with Gasteiger partial charge in [-0.05, 0) is 32.4 Å². The summed E-state index contributed by atoms with van der Waals surface area (Å²) in [6.07, 6.45) is 3.53. The van der Waals surface area contributed by atoms with Gasteiger partial charge in [0.05, 0.1) is 25.1 Å². The minimum atomic E-state index is 0.417. The zero-order valence-electron chi connectivity index (χ0n) is 14.2. The van der Waals surface area contributed by atoms with Crippen molar-refractivity contribution in [1.29, 1.82) is 5.41 Å². The molecule has 0 bridgehead atoms. The third-order valence-corrected chi connectivity index (χ3v) is 3.64. The van der Waals surface area contributed by atoms with Crippen molar-refractivity contribution in [3.63, 3.8) is 0 Å². The van der Waals surface area contributed by atoms with Crippen LogP contribution in [0.1, 0.15) is 26.3 Å². The maximum atomic E-state index is 7.86. The third kappa shape index (κ3) is 3.59. The van der Waals surface area contributed by atoms with Crippen LogP contribution in [0.3, 0.4) is 0 Å². The van der Waals surface area contributed by atoms with Crippen LogP contribution in [0.2, 0.25) is 0 Å². The molecule has 0 unspecified atom stereocenters. The summed E-state index contributed by atoms with van der Waals surface area (Å²) in [5, 5.41) is 14.0. The Labute approximate surface area is 136 Å². The molecule has 1 aromatic rings. The van der Waals surface area contributed by atoms with Gasteiger partial charge in [-0.1, -0.05) is 0 Å². The summed E-state index contributed by atoms with van der Waals surface area (Å²) in [4.78, 5) is 8.86. The quantitative estimate of drug-likeness (QED) is 0.705. The van der Waals surface area contributed by atoms with Crippen LogP contribution in [-0.4, -0.2) is 37.1 Å². The molecule has 2 rings (SSSR count). The van der Waals surface area contributed by atoms with Crippen molar-refractivity contribution in [3.05, 3.63) is 35.3 Å². The molecule has 23 heavy (non-hydrogen) atoms. The molecule has 3 N–H and O–H groups in total. The van der Waals surface area contributed by atoms with E-state index in [1.165, 1.54) is 5.57 Å². The summed E-state index contributed by atoms with van der Waals surface area (Å²) in [5.41, 5.74) is 6.18. The SMILES string of the molecule is CN/C=C(/Nc1cc(C2=C(C)CN=C2C)cnc1OC)C(C)=N. The lowest BCUT2D eigenvalue weighted by Crippen LogP contribution is -2.12. The van der Waals surface area contributed by atoms with Crippen LogP contribution in [0.25, 0.3) is 5.57 Å². The molecular formula is C17H23N5O. The topological polar surface area (TPSA) is 82.4 Å². The number of hydrogen-bond donors (Lipinski definition) is 3. The summed E-state index contributed by atoms with van der Waals surface area (Å²) in [6, 6.07) is 1.99. The molecule has 2 heterocycles. The largest absolute Gasteiger partial charge is 0.480 e. The van der Waals surface area contributed by atoms with Gasteiger partial charge in [-0.25, -0.2) is 4.98 Å². The molecule has 0 saturated carbocycles. The van der Waals surface area contributed by atoms with E-state index in [-0.39, 0.29) is 0 Å². The number of aliphatic imine (C=N–C) groups is 1. The average molecular weight is 313 g/mol. The first-order valence-electron chi connectivity index (χ1n) is 7.43. The van der Waals surface area contributed by atoms with E-state index in [2.05, 4.69) is 27.5 Å². The van der Waals surface area contributed by atoms with Crippen molar-refractivity contribution in [2.45, 2.75) is 20.8 Å². The van der Waals surface area contributed by atoms with Crippen LogP contribution in [0.15, 0.2) is 34.7 Å². The Bertz CT molecular complexity index is 716. The molecule has 0 radical (unpaired) electrons. The Balaban J connectivity index is 2.45. The lowest BCUT2D eigenvalue weighted by Gasteiger charge is -2.15. The van der Waals surface area contributed by atoms with Gasteiger partial charge in [-0.2, -0.15) is 0 Å².